The Morgan fingerprint density at radius 1 is 1.00 bits per heavy atom. The van der Waals surface area contributed by atoms with Crippen LogP contribution in [0.3, 0.4) is 0 Å². The number of anilines is 2. The maximum atomic E-state index is 12.3. The van der Waals surface area contributed by atoms with Gasteiger partial charge in [0.15, 0.2) is 0 Å². The van der Waals surface area contributed by atoms with Crippen LogP contribution in [0.15, 0.2) is 18.2 Å². The van der Waals surface area contributed by atoms with E-state index < -0.39 is 0 Å². The zero-order valence-electron chi connectivity index (χ0n) is 12.0. The summed E-state index contributed by atoms with van der Waals surface area (Å²) in [5.41, 5.74) is 12.1. The number of nitrogens with two attached hydrogens (primary N) is 2. The van der Waals surface area contributed by atoms with E-state index in [1.54, 1.807) is 18.2 Å². The molecule has 8 nitrogen and oxygen atoms in total. The van der Waals surface area contributed by atoms with Crippen LogP contribution in [0.1, 0.15) is 5.56 Å². The maximum absolute atomic E-state index is 12.3. The molecule has 3 rings (SSSR count). The summed E-state index contributed by atoms with van der Waals surface area (Å²) in [7, 11) is 0. The number of rotatable bonds is 0. The number of benzene rings is 1. The van der Waals surface area contributed by atoms with Crippen molar-refractivity contribution in [1.82, 2.24) is 9.97 Å². The van der Waals surface area contributed by atoms with Crippen molar-refractivity contribution in [3.8, 4) is 0 Å². The average molecular weight is 304 g/mol. The Labute approximate surface area is 163 Å². The molecule has 10 heteroatoms. The molecule has 1 aromatic carbocycles. The normalized spacial score (nSPS) is 10.1. The van der Waals surface area contributed by atoms with Crippen molar-refractivity contribution < 1.29 is 68.6 Å². The Morgan fingerprint density at radius 3 is 2.33 bits per heavy atom. The van der Waals surface area contributed by atoms with Gasteiger partial charge in [-0.25, -0.2) is 4.73 Å². The summed E-state index contributed by atoms with van der Waals surface area (Å²) in [5.74, 6) is -0.272. The maximum Gasteiger partial charge on any atom is 1.00 e. The van der Waals surface area contributed by atoms with E-state index in [4.69, 9.17) is 11.5 Å². The van der Waals surface area contributed by atoms with E-state index in [-0.39, 0.29) is 93.1 Å². The van der Waals surface area contributed by atoms with Crippen LogP contribution in [0.25, 0.3) is 22.2 Å². The predicted octanol–water partition coefficient (Wildman–Crippen LogP) is -6.47. The van der Waals surface area contributed by atoms with E-state index in [0.29, 0.717) is 9.46 Å². The SMILES string of the molecule is Cc1ccc2c(c1)[n+]([O-])c1nc(N)nc(N)c1[n+]2[O-].[Na+].[Na+]. The van der Waals surface area contributed by atoms with Gasteiger partial charge in [-0.3, -0.25) is 0 Å². The topological polar surface area (TPSA) is 132 Å². The van der Waals surface area contributed by atoms with E-state index >= 15 is 0 Å². The molecule has 0 spiro atoms. The van der Waals surface area contributed by atoms with E-state index in [0.717, 1.165) is 5.56 Å². The van der Waals surface area contributed by atoms with Gasteiger partial charge < -0.3 is 21.9 Å². The largest absolute Gasteiger partial charge is 1.00 e. The first kappa shape index (κ1) is 18.1. The summed E-state index contributed by atoms with van der Waals surface area (Å²) in [4.78, 5) is 7.49. The first-order valence-corrected chi connectivity index (χ1v) is 5.47. The van der Waals surface area contributed by atoms with E-state index in [2.05, 4.69) is 9.97 Å². The molecule has 21 heavy (non-hydrogen) atoms. The van der Waals surface area contributed by atoms with Gasteiger partial charge in [0.2, 0.25) is 11.3 Å². The molecule has 3 aromatic rings. The third kappa shape index (κ3) is 2.87. The molecule has 0 atom stereocenters. The van der Waals surface area contributed by atoms with Crippen molar-refractivity contribution in [2.75, 3.05) is 11.5 Å². The predicted molar refractivity (Wildman–Crippen MR) is 68.5 cm³/mol. The zero-order valence-corrected chi connectivity index (χ0v) is 16.0. The monoisotopic (exact) mass is 304 g/mol. The Morgan fingerprint density at radius 2 is 1.67 bits per heavy atom. The number of hydrogen-bond donors (Lipinski definition) is 2. The minimum Gasteiger partial charge on any atom is -0.710 e. The van der Waals surface area contributed by atoms with Gasteiger partial charge in [0.25, 0.3) is 5.52 Å². The molecule has 96 valence electrons. The van der Waals surface area contributed by atoms with Crippen molar-refractivity contribution in [2.24, 2.45) is 0 Å². The van der Waals surface area contributed by atoms with Gasteiger partial charge in [-0.05, 0) is 18.6 Å². The minimum atomic E-state index is -0.151. The van der Waals surface area contributed by atoms with Gasteiger partial charge in [-0.15, -0.1) is 0 Å². The molecule has 0 aliphatic rings. The fourth-order valence-corrected chi connectivity index (χ4v) is 2.02. The fraction of sp³-hybridized carbons (Fsp3) is 0.0909. The van der Waals surface area contributed by atoms with Crippen LogP contribution < -0.4 is 80.0 Å². The molecule has 2 heterocycles. The molecular weight excluding hydrogens is 294 g/mol. The second-order valence-electron chi connectivity index (χ2n) is 4.22. The van der Waals surface area contributed by atoms with Gasteiger partial charge in [-0.1, -0.05) is 6.07 Å². The van der Waals surface area contributed by atoms with E-state index in [1.807, 2.05) is 6.92 Å². The molecule has 0 radical (unpaired) electrons. The summed E-state index contributed by atoms with van der Waals surface area (Å²) in [6.45, 7) is 1.82. The van der Waals surface area contributed by atoms with Gasteiger partial charge in [0, 0.05) is 11.1 Å². The van der Waals surface area contributed by atoms with Gasteiger partial charge in [-0.2, -0.15) is 9.71 Å². The van der Waals surface area contributed by atoms with Crippen molar-refractivity contribution in [1.29, 1.82) is 0 Å². The Kier molecular flexibility index (Phi) is 5.59. The van der Waals surface area contributed by atoms with Crippen LogP contribution in [0.2, 0.25) is 0 Å². The number of hydrogen-bond acceptors (Lipinski definition) is 6. The number of nitrogens with zero attached hydrogens (tertiary/aromatic N) is 4. The Balaban J connectivity index is 0.00000110. The average Bonchev–Trinajstić information content (AvgIpc) is 2.35. The van der Waals surface area contributed by atoms with Gasteiger partial charge >= 0.3 is 76.2 Å². The molecule has 0 saturated heterocycles. The molecule has 0 bridgehead atoms. The third-order valence-corrected chi connectivity index (χ3v) is 2.87. The number of nitrogen functional groups attached to an aromatic ring is 2. The molecule has 0 aliphatic heterocycles. The van der Waals surface area contributed by atoms with E-state index in [1.165, 1.54) is 0 Å². The number of aryl methyl sites for hydroxylation is 1. The Bertz CT molecular complexity index is 842. The smallest absolute Gasteiger partial charge is 0.710 e. The molecule has 0 aliphatic carbocycles. The quantitative estimate of drug-likeness (QED) is 0.184. The number of aromatic nitrogens is 4. The first-order valence-electron chi connectivity index (χ1n) is 5.47. The molecule has 4 N–H and O–H groups in total. The summed E-state index contributed by atoms with van der Waals surface area (Å²) in [6, 6.07) is 4.89. The second-order valence-corrected chi connectivity index (χ2v) is 4.22. The summed E-state index contributed by atoms with van der Waals surface area (Å²) in [5, 5.41) is 24.5. The summed E-state index contributed by atoms with van der Waals surface area (Å²) < 4.78 is 1.09. The molecule has 0 saturated carbocycles. The van der Waals surface area contributed by atoms with Crippen molar-refractivity contribution in [2.45, 2.75) is 6.92 Å². The first-order chi connectivity index (χ1) is 8.99. The van der Waals surface area contributed by atoms with Crippen LogP contribution >= 0.6 is 0 Å². The fourth-order valence-electron chi connectivity index (χ4n) is 2.02. The van der Waals surface area contributed by atoms with Crippen molar-refractivity contribution in [3.05, 3.63) is 34.2 Å². The zero-order chi connectivity index (χ0) is 13.7. The summed E-state index contributed by atoms with van der Waals surface area (Å²) >= 11 is 0. The van der Waals surface area contributed by atoms with Crippen molar-refractivity contribution in [3.63, 3.8) is 0 Å². The second kappa shape index (κ2) is 6.47. The molecule has 2 aromatic heterocycles. The van der Waals surface area contributed by atoms with Gasteiger partial charge in [0.05, 0.1) is 0 Å². The van der Waals surface area contributed by atoms with Crippen LogP contribution in [-0.2, 0) is 0 Å². The summed E-state index contributed by atoms with van der Waals surface area (Å²) in [6.07, 6.45) is 0. The van der Waals surface area contributed by atoms with Crippen molar-refractivity contribution >= 4 is 34.0 Å². The molecule has 0 unspecified atom stereocenters. The standard InChI is InChI=1S/C11H10N6O2.2Na/c1-5-2-3-6-7(4-5)17(19)10-8(16(6)18)9(12)14-11(13)15-10;;/h2-4H,1H3,(H4,12,13,14,15);;/q;2*+1. The van der Waals surface area contributed by atoms with E-state index in [9.17, 15) is 10.4 Å². The van der Waals surface area contributed by atoms with Crippen LogP contribution in [0.4, 0.5) is 11.8 Å². The van der Waals surface area contributed by atoms with Crippen LogP contribution in [-0.4, -0.2) is 9.97 Å². The van der Waals surface area contributed by atoms with Gasteiger partial charge in [0.1, 0.15) is 0 Å². The minimum absolute atomic E-state index is 0. The van der Waals surface area contributed by atoms with Crippen LogP contribution in [0, 0.1) is 17.3 Å². The molecule has 0 amide bonds. The van der Waals surface area contributed by atoms with Crippen LogP contribution in [0.5, 0.6) is 0 Å². The number of fused-ring (bicyclic) bond motifs is 2. The molecular formula is C11H10N6Na2O2+2. The Hall–Kier alpha value is -0.900. The molecule has 0 fully saturated rings. The third-order valence-electron chi connectivity index (χ3n) is 2.87.